The second-order valence-electron chi connectivity index (χ2n) is 15.0. The number of rotatable bonds is 19. The molecule has 6 nitrogen and oxygen atoms in total. The highest BCUT2D eigenvalue weighted by molar-refractivity contribution is 8.59. The van der Waals surface area contributed by atoms with Crippen molar-refractivity contribution in [2.45, 2.75) is 39.2 Å². The van der Waals surface area contributed by atoms with Crippen LogP contribution in [-0.2, 0) is 0 Å². The first kappa shape index (κ1) is 39.6. The SMILES string of the molecule is Cc1ccc([Si](C)(SCCNCCN2CCN=C2C(C)c2cccc3ccccc23)SCCNCCN2CCN=C2C(C)c2cccc3ccccc23)cc1. The molecule has 0 radical (unpaired) electrons. The van der Waals surface area contributed by atoms with Crippen molar-refractivity contribution in [1.82, 2.24) is 20.4 Å². The minimum atomic E-state index is -1.80. The summed E-state index contributed by atoms with van der Waals surface area (Å²) >= 11 is 4.41. The number of hydrogen-bond acceptors (Lipinski definition) is 8. The molecule has 0 aromatic heterocycles. The first-order valence-corrected chi connectivity index (χ1v) is 26.1. The standard InChI is InChI=1S/C46H58N6S2Si/c1-35-19-21-40(22-20-35)55(4,53-33-27-47-23-29-51-31-25-49-45(51)36(2)41-17-9-13-38-11-5-7-15-43(38)41)54-34-28-48-24-30-52-32-26-50-46(52)37(3)42-18-10-14-39-12-6-8-16-44(39)42/h5-22,36-37,47-48H,23-34H2,1-4H3. The van der Waals surface area contributed by atoms with E-state index in [2.05, 4.69) is 179 Å². The number of hydrogen-bond donors (Lipinski definition) is 2. The molecule has 288 valence electrons. The lowest BCUT2D eigenvalue weighted by Crippen LogP contribution is -2.41. The van der Waals surface area contributed by atoms with E-state index >= 15 is 0 Å². The van der Waals surface area contributed by atoms with Gasteiger partial charge in [0, 0.05) is 75.7 Å². The molecule has 2 atom stereocenters. The fraction of sp³-hybridized carbons (Fsp3) is 0.391. The number of nitrogens with zero attached hydrogens (tertiary/aromatic N) is 4. The Morgan fingerprint density at radius 2 is 1.05 bits per heavy atom. The van der Waals surface area contributed by atoms with Crippen LogP contribution >= 0.6 is 22.4 Å². The van der Waals surface area contributed by atoms with Crippen LogP contribution in [0, 0.1) is 6.92 Å². The van der Waals surface area contributed by atoms with Crippen molar-refractivity contribution < 1.29 is 0 Å². The van der Waals surface area contributed by atoms with Gasteiger partial charge in [0.1, 0.15) is 11.7 Å². The normalized spacial score (nSPS) is 16.7. The Bertz CT molecular complexity index is 1950. The molecule has 0 bridgehead atoms. The summed E-state index contributed by atoms with van der Waals surface area (Å²) in [6.45, 7) is 19.2. The highest BCUT2D eigenvalue weighted by Gasteiger charge is 2.31. The van der Waals surface area contributed by atoms with E-state index in [1.807, 2.05) is 0 Å². The Kier molecular flexibility index (Phi) is 13.7. The molecule has 5 aromatic rings. The zero-order chi connectivity index (χ0) is 38.0. The van der Waals surface area contributed by atoms with E-state index in [0.717, 1.165) is 77.0 Å². The largest absolute Gasteiger partial charge is 0.357 e. The summed E-state index contributed by atoms with van der Waals surface area (Å²) in [5.74, 6) is 5.29. The average molecular weight is 787 g/mol. The number of aryl methyl sites for hydroxylation is 1. The zero-order valence-corrected chi connectivity index (χ0v) is 35.8. The Morgan fingerprint density at radius 3 is 1.55 bits per heavy atom. The number of aliphatic imine (C=N–C) groups is 2. The fourth-order valence-corrected chi connectivity index (χ4v) is 17.9. The van der Waals surface area contributed by atoms with E-state index in [0.29, 0.717) is 0 Å². The molecule has 2 aliphatic heterocycles. The molecule has 2 heterocycles. The fourth-order valence-electron chi connectivity index (χ4n) is 8.19. The number of nitrogens with one attached hydrogen (secondary N) is 2. The van der Waals surface area contributed by atoms with Crippen molar-refractivity contribution in [3.05, 3.63) is 126 Å². The maximum atomic E-state index is 4.99. The van der Waals surface area contributed by atoms with Crippen molar-refractivity contribution in [3.63, 3.8) is 0 Å². The van der Waals surface area contributed by atoms with E-state index in [4.69, 9.17) is 9.98 Å². The highest BCUT2D eigenvalue weighted by atomic mass is 32.6. The molecule has 0 aliphatic carbocycles. The van der Waals surface area contributed by atoms with E-state index in [9.17, 15) is 0 Å². The Morgan fingerprint density at radius 1 is 0.600 bits per heavy atom. The third-order valence-corrected chi connectivity index (χ3v) is 22.7. The monoisotopic (exact) mass is 786 g/mol. The minimum Gasteiger partial charge on any atom is -0.357 e. The smallest absolute Gasteiger partial charge is 0.204 e. The molecule has 2 unspecified atom stereocenters. The first-order valence-electron chi connectivity index (χ1n) is 20.2. The molecule has 55 heavy (non-hydrogen) atoms. The second kappa shape index (κ2) is 19.0. The van der Waals surface area contributed by atoms with Crippen LogP contribution in [0.1, 0.15) is 42.4 Å². The topological polar surface area (TPSA) is 55.3 Å². The van der Waals surface area contributed by atoms with Gasteiger partial charge in [-0.25, -0.2) is 0 Å². The van der Waals surface area contributed by atoms with Gasteiger partial charge in [-0.1, -0.05) is 129 Å². The highest BCUT2D eigenvalue weighted by Crippen LogP contribution is 2.33. The molecule has 7 rings (SSSR count). The molecular formula is C46H58N6S2Si. The van der Waals surface area contributed by atoms with Crippen LogP contribution in [0.15, 0.2) is 119 Å². The van der Waals surface area contributed by atoms with Crippen LogP contribution in [0.4, 0.5) is 0 Å². The number of benzene rings is 5. The van der Waals surface area contributed by atoms with Gasteiger partial charge in [-0.2, -0.15) is 22.4 Å². The molecule has 2 aliphatic rings. The zero-order valence-electron chi connectivity index (χ0n) is 33.1. The van der Waals surface area contributed by atoms with Gasteiger partial charge in [-0.05, 0) is 51.3 Å². The lowest BCUT2D eigenvalue weighted by Gasteiger charge is -2.28. The molecular weight excluding hydrogens is 729 g/mol. The maximum absolute atomic E-state index is 4.99. The van der Waals surface area contributed by atoms with Crippen molar-refractivity contribution in [1.29, 1.82) is 0 Å². The summed E-state index contributed by atoms with van der Waals surface area (Å²) < 4.78 is 0. The van der Waals surface area contributed by atoms with Crippen LogP contribution in [0.5, 0.6) is 0 Å². The predicted molar refractivity (Wildman–Crippen MR) is 246 cm³/mol. The third kappa shape index (κ3) is 9.69. The maximum Gasteiger partial charge on any atom is 0.204 e. The summed E-state index contributed by atoms with van der Waals surface area (Å²) in [4.78, 5) is 15.0. The van der Waals surface area contributed by atoms with Crippen LogP contribution < -0.4 is 15.8 Å². The van der Waals surface area contributed by atoms with Gasteiger partial charge >= 0.3 is 0 Å². The molecule has 0 saturated heterocycles. The molecule has 0 spiro atoms. The lowest BCUT2D eigenvalue weighted by atomic mass is 9.93. The summed E-state index contributed by atoms with van der Waals surface area (Å²) in [5, 5.41) is 14.4. The van der Waals surface area contributed by atoms with Crippen molar-refractivity contribution in [3.8, 4) is 0 Å². The van der Waals surface area contributed by atoms with E-state index < -0.39 is 6.37 Å². The Labute approximate surface area is 338 Å². The van der Waals surface area contributed by atoms with E-state index in [-0.39, 0.29) is 11.8 Å². The Balaban J connectivity index is 0.851. The number of fused-ring (bicyclic) bond motifs is 2. The quantitative estimate of drug-likeness (QED) is 0.0650. The van der Waals surface area contributed by atoms with E-state index in [1.165, 1.54) is 55.1 Å². The molecule has 9 heteroatoms. The van der Waals surface area contributed by atoms with Crippen LogP contribution in [-0.4, -0.2) is 105 Å². The van der Waals surface area contributed by atoms with Crippen molar-refractivity contribution >= 4 is 67.2 Å². The second-order valence-corrected chi connectivity index (χ2v) is 26.3. The van der Waals surface area contributed by atoms with Crippen LogP contribution in [0.25, 0.3) is 21.5 Å². The summed E-state index contributed by atoms with van der Waals surface area (Å²) in [5.41, 5.74) is 4.08. The van der Waals surface area contributed by atoms with Crippen molar-refractivity contribution in [2.75, 3.05) is 77.0 Å². The minimum absolute atomic E-state index is 0.285. The van der Waals surface area contributed by atoms with Crippen LogP contribution in [0.3, 0.4) is 0 Å². The van der Waals surface area contributed by atoms with Crippen LogP contribution in [0.2, 0.25) is 6.55 Å². The first-order chi connectivity index (χ1) is 26.9. The molecule has 5 aromatic carbocycles. The lowest BCUT2D eigenvalue weighted by molar-refractivity contribution is 0.436. The van der Waals surface area contributed by atoms with Gasteiger partial charge in [0.2, 0.25) is 6.37 Å². The molecule has 0 saturated carbocycles. The van der Waals surface area contributed by atoms with Crippen molar-refractivity contribution in [2.24, 2.45) is 9.98 Å². The van der Waals surface area contributed by atoms with Gasteiger partial charge in [0.05, 0.1) is 13.1 Å². The van der Waals surface area contributed by atoms with Gasteiger partial charge in [0.15, 0.2) is 0 Å². The summed E-state index contributed by atoms with van der Waals surface area (Å²) in [6.07, 6.45) is -1.80. The molecule has 0 fully saturated rings. The summed E-state index contributed by atoms with van der Waals surface area (Å²) in [6, 6.07) is 40.2. The molecule has 0 amide bonds. The summed E-state index contributed by atoms with van der Waals surface area (Å²) in [7, 11) is 0. The van der Waals surface area contributed by atoms with E-state index in [1.54, 1.807) is 0 Å². The molecule has 2 N–H and O–H groups in total. The van der Waals surface area contributed by atoms with Gasteiger partial charge in [-0.15, -0.1) is 0 Å². The van der Waals surface area contributed by atoms with Gasteiger partial charge in [0.25, 0.3) is 0 Å². The third-order valence-electron chi connectivity index (χ3n) is 11.3. The average Bonchev–Trinajstić information content (AvgIpc) is 3.90. The number of amidine groups is 2. The van der Waals surface area contributed by atoms with Gasteiger partial charge < -0.3 is 20.4 Å². The van der Waals surface area contributed by atoms with Gasteiger partial charge in [-0.3, -0.25) is 9.98 Å². The Hall–Kier alpha value is -3.60. The predicted octanol–water partition coefficient (Wildman–Crippen LogP) is 8.26.